The number of aliphatic hydroxyl groups is 1. The van der Waals surface area contributed by atoms with Crippen LogP contribution in [0.25, 0.3) is 0 Å². The lowest BCUT2D eigenvalue weighted by Crippen LogP contribution is -2.82. The average molecular weight is 288 g/mol. The van der Waals surface area contributed by atoms with E-state index in [0.717, 1.165) is 17.7 Å². The predicted molar refractivity (Wildman–Crippen MR) is 72.3 cm³/mol. The predicted octanol–water partition coefficient (Wildman–Crippen LogP) is -0.830. The Morgan fingerprint density at radius 3 is 3.10 bits per heavy atom. The molecule has 6 nitrogen and oxygen atoms in total. The van der Waals surface area contributed by atoms with Gasteiger partial charge in [0.15, 0.2) is 23.4 Å². The highest BCUT2D eigenvalue weighted by molar-refractivity contribution is 5.91. The average Bonchev–Trinajstić information content (AvgIpc) is 2.80. The number of rotatable bonds is 0. The molecule has 0 amide bonds. The van der Waals surface area contributed by atoms with E-state index >= 15 is 0 Å². The van der Waals surface area contributed by atoms with Crippen LogP contribution >= 0.6 is 0 Å². The number of phenols is 1. The van der Waals surface area contributed by atoms with Crippen molar-refractivity contribution in [2.24, 2.45) is 0 Å². The van der Waals surface area contributed by atoms with Gasteiger partial charge >= 0.3 is 0 Å². The van der Waals surface area contributed by atoms with Gasteiger partial charge in [-0.15, -0.1) is 0 Å². The maximum absolute atomic E-state index is 12.4. The molecule has 3 aliphatic heterocycles. The highest BCUT2D eigenvalue weighted by Gasteiger charge is 2.72. The Hall–Kier alpha value is -1.63. The molecule has 2 saturated heterocycles. The number of benzene rings is 1. The number of hydrogen-bond donors (Lipinski definition) is 4. The van der Waals surface area contributed by atoms with Gasteiger partial charge in [-0.2, -0.15) is 0 Å². The lowest BCUT2D eigenvalue weighted by molar-refractivity contribution is -0.174. The molecule has 110 valence electrons. The van der Waals surface area contributed by atoms with Crippen LogP contribution in [0.15, 0.2) is 12.1 Å². The molecular formula is C15H16N2O4. The van der Waals surface area contributed by atoms with E-state index in [1.807, 2.05) is 6.07 Å². The van der Waals surface area contributed by atoms with Crippen molar-refractivity contribution >= 4 is 5.78 Å². The molecule has 0 aromatic heterocycles. The molecule has 1 aromatic carbocycles. The second-order valence-corrected chi connectivity index (χ2v) is 6.46. The lowest BCUT2D eigenvalue weighted by atomic mass is 9.55. The molecule has 2 fully saturated rings. The molecule has 1 aliphatic carbocycles. The first-order valence-corrected chi connectivity index (χ1v) is 7.33. The molecule has 21 heavy (non-hydrogen) atoms. The Bertz CT molecular complexity index is 690. The molecule has 4 aliphatic rings. The van der Waals surface area contributed by atoms with E-state index in [0.29, 0.717) is 18.6 Å². The van der Waals surface area contributed by atoms with Crippen LogP contribution in [0.3, 0.4) is 0 Å². The summed E-state index contributed by atoms with van der Waals surface area (Å²) in [6, 6.07) is 3.33. The van der Waals surface area contributed by atoms with Crippen molar-refractivity contribution in [2.45, 2.75) is 36.1 Å². The van der Waals surface area contributed by atoms with Gasteiger partial charge in [0.25, 0.3) is 0 Å². The monoisotopic (exact) mass is 288 g/mol. The number of carbonyl (C=O) groups excluding carboxylic acids is 1. The van der Waals surface area contributed by atoms with Crippen LogP contribution in [-0.2, 0) is 16.6 Å². The minimum atomic E-state index is -1.21. The van der Waals surface area contributed by atoms with E-state index in [-0.39, 0.29) is 24.1 Å². The zero-order valence-corrected chi connectivity index (χ0v) is 11.3. The van der Waals surface area contributed by atoms with Gasteiger partial charge in [-0.25, -0.2) is 0 Å². The molecule has 3 heterocycles. The summed E-state index contributed by atoms with van der Waals surface area (Å²) in [6.07, 6.45) is 0.543. The molecule has 1 spiro atoms. The van der Waals surface area contributed by atoms with Crippen LogP contribution in [0, 0.1) is 0 Å². The summed E-state index contributed by atoms with van der Waals surface area (Å²) in [5.41, 5.74) is -0.132. The van der Waals surface area contributed by atoms with Crippen molar-refractivity contribution in [3.8, 4) is 11.5 Å². The van der Waals surface area contributed by atoms with Gasteiger partial charge in [-0.05, 0) is 31.0 Å². The molecule has 4 atom stereocenters. The van der Waals surface area contributed by atoms with E-state index in [1.165, 1.54) is 0 Å². The summed E-state index contributed by atoms with van der Waals surface area (Å²) in [5, 5.41) is 27.9. The largest absolute Gasteiger partial charge is 0.504 e. The fourth-order valence-corrected chi connectivity index (χ4v) is 4.86. The topological polar surface area (TPSA) is 90.8 Å². The maximum Gasteiger partial charge on any atom is 0.188 e. The fraction of sp³-hybridized carbons (Fsp3) is 0.533. The van der Waals surface area contributed by atoms with E-state index in [9.17, 15) is 15.0 Å². The lowest BCUT2D eigenvalue weighted by Gasteiger charge is -2.59. The van der Waals surface area contributed by atoms with Crippen molar-refractivity contribution in [1.82, 2.24) is 10.6 Å². The number of aromatic hydroxyl groups is 1. The molecule has 0 saturated carbocycles. The Kier molecular flexibility index (Phi) is 1.94. The second-order valence-electron chi connectivity index (χ2n) is 6.46. The molecule has 0 unspecified atom stereocenters. The van der Waals surface area contributed by atoms with Crippen molar-refractivity contribution in [3.05, 3.63) is 23.3 Å². The van der Waals surface area contributed by atoms with E-state index in [2.05, 4.69) is 10.6 Å². The summed E-state index contributed by atoms with van der Waals surface area (Å²) in [5.74, 6) is 0.363. The number of phenolic OH excluding ortho intramolecular Hbond substituents is 1. The summed E-state index contributed by atoms with van der Waals surface area (Å²) in [6.45, 7) is 0.807. The first-order chi connectivity index (χ1) is 10.1. The molecule has 6 heteroatoms. The van der Waals surface area contributed by atoms with Gasteiger partial charge in [-0.3, -0.25) is 10.1 Å². The summed E-state index contributed by atoms with van der Waals surface area (Å²) in [4.78, 5) is 12.4. The highest BCUT2D eigenvalue weighted by atomic mass is 16.5. The number of Topliss-reactive ketones (excluding diaryl/α,β-unsaturated/α-hetero) is 1. The molecule has 2 bridgehead atoms. The second kappa shape index (κ2) is 3.40. The van der Waals surface area contributed by atoms with E-state index < -0.39 is 17.2 Å². The van der Waals surface area contributed by atoms with Crippen molar-refractivity contribution < 1.29 is 19.7 Å². The minimum Gasteiger partial charge on any atom is -0.504 e. The third-order valence-corrected chi connectivity index (χ3v) is 5.70. The third kappa shape index (κ3) is 1.08. The van der Waals surface area contributed by atoms with Crippen molar-refractivity contribution in [1.29, 1.82) is 0 Å². The van der Waals surface area contributed by atoms with Gasteiger partial charge < -0.3 is 20.3 Å². The van der Waals surface area contributed by atoms with Crippen LogP contribution < -0.4 is 15.4 Å². The van der Waals surface area contributed by atoms with Crippen LogP contribution in [0.4, 0.5) is 0 Å². The third-order valence-electron chi connectivity index (χ3n) is 5.70. The summed E-state index contributed by atoms with van der Waals surface area (Å²) < 4.78 is 5.86. The first kappa shape index (κ1) is 12.0. The zero-order chi connectivity index (χ0) is 14.4. The first-order valence-electron chi connectivity index (χ1n) is 7.33. The van der Waals surface area contributed by atoms with Gasteiger partial charge in [0.05, 0.1) is 18.0 Å². The van der Waals surface area contributed by atoms with Crippen LogP contribution in [0.5, 0.6) is 11.5 Å². The fourth-order valence-electron chi connectivity index (χ4n) is 4.86. The molecule has 4 N–H and O–H groups in total. The number of nitrogens with one attached hydrogen (secondary N) is 2. The maximum atomic E-state index is 12.4. The summed E-state index contributed by atoms with van der Waals surface area (Å²) in [7, 11) is 0. The van der Waals surface area contributed by atoms with Crippen molar-refractivity contribution in [2.75, 3.05) is 13.1 Å². The van der Waals surface area contributed by atoms with Crippen LogP contribution in [0.1, 0.15) is 17.5 Å². The van der Waals surface area contributed by atoms with Crippen LogP contribution in [0.2, 0.25) is 0 Å². The minimum absolute atomic E-state index is 0.0460. The SMILES string of the molecule is O=C1CN[C@@]2(O)[C@H]3Cc4ccc(O)c5c4[C@@]2(CCN3)[C@H]1O5. The molecule has 5 rings (SSSR count). The number of piperidine rings is 2. The number of ether oxygens (including phenoxy) is 1. The number of ketones is 1. The van der Waals surface area contributed by atoms with E-state index in [1.54, 1.807) is 6.07 Å². The highest BCUT2D eigenvalue weighted by Crippen LogP contribution is 2.60. The standard InChI is InChI=1S/C15H16N2O4/c18-8-2-1-7-5-10-15(20)14(3-4-16-10)11(7)12(8)21-13(14)9(19)6-17-15/h1-2,10,13,16-18,20H,3-6H2/t10-,13+,14+,15-/m1/s1. The van der Waals surface area contributed by atoms with Crippen molar-refractivity contribution in [3.63, 3.8) is 0 Å². The molecular weight excluding hydrogens is 272 g/mol. The van der Waals surface area contributed by atoms with Gasteiger partial charge in [-0.1, -0.05) is 6.07 Å². The van der Waals surface area contributed by atoms with Gasteiger partial charge in [0, 0.05) is 5.56 Å². The summed E-state index contributed by atoms with van der Waals surface area (Å²) >= 11 is 0. The molecule has 1 aromatic rings. The Labute approximate surface area is 121 Å². The zero-order valence-electron chi connectivity index (χ0n) is 11.3. The Morgan fingerprint density at radius 1 is 1.38 bits per heavy atom. The Balaban J connectivity index is 1.89. The number of hydrogen-bond acceptors (Lipinski definition) is 6. The van der Waals surface area contributed by atoms with Gasteiger partial charge in [0.1, 0.15) is 5.72 Å². The normalized spacial score (nSPS) is 42.4. The van der Waals surface area contributed by atoms with Gasteiger partial charge in [0.2, 0.25) is 0 Å². The quantitative estimate of drug-likeness (QED) is 0.498. The van der Waals surface area contributed by atoms with E-state index in [4.69, 9.17) is 4.74 Å². The molecule has 0 radical (unpaired) electrons. The smallest absolute Gasteiger partial charge is 0.188 e. The Morgan fingerprint density at radius 2 is 2.24 bits per heavy atom. The number of carbonyl (C=O) groups is 1. The van der Waals surface area contributed by atoms with Crippen LogP contribution in [-0.4, -0.2) is 47.0 Å².